The summed E-state index contributed by atoms with van der Waals surface area (Å²) in [5.74, 6) is -2.86. The first-order valence-electron chi connectivity index (χ1n) is 13.4. The summed E-state index contributed by atoms with van der Waals surface area (Å²) in [4.78, 5) is 55.4. The molecule has 1 fully saturated rings. The maximum absolute atomic E-state index is 13.8. The zero-order chi connectivity index (χ0) is 28.3. The van der Waals surface area contributed by atoms with E-state index in [2.05, 4.69) is 0 Å². The molecule has 4 unspecified atom stereocenters. The van der Waals surface area contributed by atoms with Gasteiger partial charge in [-0.3, -0.25) is 24.1 Å². The molecule has 1 saturated heterocycles. The van der Waals surface area contributed by atoms with Crippen molar-refractivity contribution in [3.63, 3.8) is 0 Å². The highest BCUT2D eigenvalue weighted by Gasteiger charge is 2.56. The Morgan fingerprint density at radius 3 is 2.45 bits per heavy atom. The summed E-state index contributed by atoms with van der Waals surface area (Å²) >= 11 is 0. The molecule has 4 aliphatic rings. The molecule has 0 radical (unpaired) electrons. The van der Waals surface area contributed by atoms with Crippen molar-refractivity contribution < 1.29 is 34.1 Å². The summed E-state index contributed by atoms with van der Waals surface area (Å²) in [6, 6.07) is 11.4. The zero-order valence-electron chi connectivity index (χ0n) is 22.2. The van der Waals surface area contributed by atoms with Crippen LogP contribution in [0.5, 0.6) is 17.2 Å². The van der Waals surface area contributed by atoms with Gasteiger partial charge in [0, 0.05) is 34.7 Å². The fourth-order valence-electron chi connectivity index (χ4n) is 6.80. The molecule has 8 nitrogen and oxygen atoms in total. The topological polar surface area (TPSA) is 121 Å². The van der Waals surface area contributed by atoms with Gasteiger partial charge < -0.3 is 14.9 Å². The van der Waals surface area contributed by atoms with Crippen LogP contribution in [0.3, 0.4) is 0 Å². The average Bonchev–Trinajstić information content (AvgIpc) is 3.19. The van der Waals surface area contributed by atoms with Crippen LogP contribution in [0.25, 0.3) is 0 Å². The van der Waals surface area contributed by atoms with E-state index in [0.29, 0.717) is 40.9 Å². The van der Waals surface area contributed by atoms with Crippen molar-refractivity contribution in [3.8, 4) is 17.2 Å². The highest BCUT2D eigenvalue weighted by Crippen LogP contribution is 2.56. The second-order valence-electron chi connectivity index (χ2n) is 10.9. The van der Waals surface area contributed by atoms with E-state index in [0.717, 1.165) is 11.1 Å². The number of methoxy groups -OCH3 is 1. The molecule has 8 heteroatoms. The van der Waals surface area contributed by atoms with E-state index in [1.807, 2.05) is 6.08 Å². The summed E-state index contributed by atoms with van der Waals surface area (Å²) < 4.78 is 5.40. The lowest BCUT2D eigenvalue weighted by Gasteiger charge is -2.42. The Labute approximate surface area is 231 Å². The first kappa shape index (κ1) is 25.8. The molecule has 3 aliphatic carbocycles. The van der Waals surface area contributed by atoms with Gasteiger partial charge in [0.1, 0.15) is 17.2 Å². The number of Topliss-reactive ketones (excluding diaryl/α,β-unsaturated/α-hetero) is 1. The molecule has 0 spiro atoms. The molecule has 2 aromatic rings. The van der Waals surface area contributed by atoms with Crippen LogP contribution in [-0.4, -0.2) is 52.1 Å². The Morgan fingerprint density at radius 2 is 1.73 bits per heavy atom. The number of imide groups is 1. The van der Waals surface area contributed by atoms with Crippen LogP contribution in [0.2, 0.25) is 0 Å². The highest BCUT2D eigenvalue weighted by atomic mass is 16.5. The third-order valence-corrected chi connectivity index (χ3v) is 8.76. The summed E-state index contributed by atoms with van der Waals surface area (Å²) in [6.45, 7) is 1.82. The third kappa shape index (κ3) is 3.97. The molecule has 1 aliphatic heterocycles. The van der Waals surface area contributed by atoms with Crippen molar-refractivity contribution in [1.82, 2.24) is 4.90 Å². The zero-order valence-corrected chi connectivity index (χ0v) is 22.2. The van der Waals surface area contributed by atoms with Crippen molar-refractivity contribution in [3.05, 3.63) is 88.0 Å². The summed E-state index contributed by atoms with van der Waals surface area (Å²) in [6.07, 6.45) is 4.23. The third-order valence-electron chi connectivity index (χ3n) is 8.76. The Morgan fingerprint density at radius 1 is 0.975 bits per heavy atom. The van der Waals surface area contributed by atoms with Crippen LogP contribution >= 0.6 is 0 Å². The number of fused-ring (bicyclic) bond motifs is 3. The quantitative estimate of drug-likeness (QED) is 0.337. The number of ketones is 2. The number of aromatic hydroxyl groups is 2. The number of hydrogen-bond donors (Lipinski definition) is 2. The Kier molecular flexibility index (Phi) is 6.21. The number of carbonyl (C=O) groups excluding carboxylic acids is 4. The number of phenolic OH excluding ortho intramolecular Hbond substituents is 2. The van der Waals surface area contributed by atoms with Gasteiger partial charge in [-0.05, 0) is 74.1 Å². The lowest BCUT2D eigenvalue weighted by molar-refractivity contribution is -0.140. The van der Waals surface area contributed by atoms with Crippen molar-refractivity contribution in [2.24, 2.45) is 17.8 Å². The van der Waals surface area contributed by atoms with Crippen LogP contribution in [0, 0.1) is 17.8 Å². The maximum Gasteiger partial charge on any atom is 0.233 e. The fraction of sp³-hybridized carbons (Fsp3) is 0.312. The van der Waals surface area contributed by atoms with Crippen LogP contribution in [0.4, 0.5) is 0 Å². The second kappa shape index (κ2) is 9.62. The number of rotatable bonds is 5. The molecule has 2 aromatic carbocycles. The lowest BCUT2D eigenvalue weighted by Crippen LogP contribution is -2.40. The van der Waals surface area contributed by atoms with E-state index in [-0.39, 0.29) is 47.8 Å². The largest absolute Gasteiger partial charge is 0.508 e. The molecule has 1 heterocycles. The molecule has 2 amide bonds. The van der Waals surface area contributed by atoms with Crippen molar-refractivity contribution in [2.45, 2.75) is 32.1 Å². The van der Waals surface area contributed by atoms with Crippen molar-refractivity contribution in [2.75, 3.05) is 13.7 Å². The summed E-state index contributed by atoms with van der Waals surface area (Å²) in [5.41, 5.74) is 3.10. The molecular weight excluding hydrogens is 510 g/mol. The van der Waals surface area contributed by atoms with Crippen LogP contribution in [0.1, 0.15) is 36.8 Å². The van der Waals surface area contributed by atoms with Gasteiger partial charge in [0.05, 0.1) is 18.9 Å². The number of amides is 2. The Hall–Kier alpha value is -4.46. The van der Waals surface area contributed by atoms with E-state index in [1.54, 1.807) is 43.3 Å². The van der Waals surface area contributed by atoms with Crippen LogP contribution in [0.15, 0.2) is 76.9 Å². The summed E-state index contributed by atoms with van der Waals surface area (Å²) in [5, 5.41) is 20.5. The average molecular weight is 540 g/mol. The van der Waals surface area contributed by atoms with Gasteiger partial charge in [-0.2, -0.15) is 0 Å². The second-order valence-corrected chi connectivity index (χ2v) is 10.9. The number of nitrogens with zero attached hydrogens (tertiary/aromatic N) is 1. The first-order chi connectivity index (χ1) is 19.2. The minimum Gasteiger partial charge on any atom is -0.508 e. The van der Waals surface area contributed by atoms with E-state index in [1.165, 1.54) is 24.2 Å². The Bertz CT molecular complexity index is 1560. The lowest BCUT2D eigenvalue weighted by atomic mass is 9.59. The minimum atomic E-state index is -0.737. The van der Waals surface area contributed by atoms with Gasteiger partial charge in [-0.15, -0.1) is 0 Å². The molecule has 0 bridgehead atoms. The molecule has 6 rings (SSSR count). The predicted octanol–water partition coefficient (Wildman–Crippen LogP) is 3.78. The van der Waals surface area contributed by atoms with Gasteiger partial charge in [0.2, 0.25) is 11.8 Å². The number of ether oxygens (including phenoxy) is 1. The predicted molar refractivity (Wildman–Crippen MR) is 145 cm³/mol. The van der Waals surface area contributed by atoms with Gasteiger partial charge >= 0.3 is 0 Å². The number of carbonyl (C=O) groups is 4. The molecule has 0 saturated carbocycles. The molecular formula is C32H29NO7. The van der Waals surface area contributed by atoms with Gasteiger partial charge in [0.25, 0.3) is 0 Å². The van der Waals surface area contributed by atoms with Crippen molar-refractivity contribution in [1.29, 1.82) is 0 Å². The highest BCUT2D eigenvalue weighted by molar-refractivity contribution is 6.24. The minimum absolute atomic E-state index is 0.0434. The molecule has 0 aromatic heterocycles. The molecule has 4 atom stereocenters. The number of allylic oxidation sites excluding steroid dienone is 6. The van der Waals surface area contributed by atoms with Crippen molar-refractivity contribution >= 4 is 23.4 Å². The number of benzene rings is 2. The first-order valence-corrected chi connectivity index (χ1v) is 13.4. The Balaban J connectivity index is 1.40. The monoisotopic (exact) mass is 539 g/mol. The summed E-state index contributed by atoms with van der Waals surface area (Å²) in [7, 11) is 1.51. The fourth-order valence-corrected chi connectivity index (χ4v) is 6.80. The van der Waals surface area contributed by atoms with E-state index < -0.39 is 23.7 Å². The van der Waals surface area contributed by atoms with E-state index in [4.69, 9.17) is 4.74 Å². The van der Waals surface area contributed by atoms with E-state index in [9.17, 15) is 29.4 Å². The van der Waals surface area contributed by atoms with Crippen LogP contribution in [-0.2, 0) is 25.6 Å². The SMILES string of the molecule is COc1ccc(O)c(C2C3=CCC4C(=O)N(CCc5ccc(O)cc5)C(=O)C4C3CC3=C2C(=O)C(C)=CC3=O)c1. The number of likely N-dealkylation sites (tertiary alicyclic amines) is 1. The normalized spacial score (nSPS) is 25.8. The van der Waals surface area contributed by atoms with E-state index >= 15 is 0 Å². The van der Waals surface area contributed by atoms with Gasteiger partial charge in [0.15, 0.2) is 11.6 Å². The van der Waals surface area contributed by atoms with Gasteiger partial charge in [-0.25, -0.2) is 0 Å². The standard InChI is InChI=1S/C32H29NO7/c1-16-13-26(36)24-15-22-20(27(29(24)30(16)37)23-14-19(40-2)7-10-25(23)35)8-9-21-28(22)32(39)33(31(21)38)12-11-17-3-5-18(34)6-4-17/h3-8,10,13-14,21-22,27-28,34-35H,9,11-12,15H2,1-2H3. The van der Waals surface area contributed by atoms with Crippen LogP contribution < -0.4 is 4.74 Å². The molecule has 2 N–H and O–H groups in total. The van der Waals surface area contributed by atoms with Gasteiger partial charge in [-0.1, -0.05) is 23.8 Å². The molecule has 40 heavy (non-hydrogen) atoms. The number of hydrogen-bond acceptors (Lipinski definition) is 7. The number of phenols is 2. The maximum atomic E-state index is 13.8. The smallest absolute Gasteiger partial charge is 0.233 e. The molecule has 204 valence electrons.